The number of carbonyl (C=O) groups excluding carboxylic acids is 1. The van der Waals surface area contributed by atoms with Crippen LogP contribution in [0, 0.1) is 5.82 Å². The summed E-state index contributed by atoms with van der Waals surface area (Å²) < 4.78 is 13.7. The lowest BCUT2D eigenvalue weighted by atomic mass is 10.1. The van der Waals surface area contributed by atoms with E-state index >= 15 is 0 Å². The molecule has 19 heavy (non-hydrogen) atoms. The highest BCUT2D eigenvalue weighted by molar-refractivity contribution is 9.10. The average molecular weight is 348 g/mol. The number of carbonyl (C=O) groups is 2. The molecule has 2 rings (SSSR count). The molecule has 2 atom stereocenters. The van der Waals surface area contributed by atoms with E-state index in [0.717, 1.165) is 6.07 Å². The van der Waals surface area contributed by atoms with Gasteiger partial charge in [0.15, 0.2) is 0 Å². The first-order chi connectivity index (χ1) is 8.91. The maximum Gasteiger partial charge on any atom is 0.327 e. The molecule has 1 aromatic rings. The maximum atomic E-state index is 13.2. The van der Waals surface area contributed by atoms with E-state index in [1.54, 1.807) is 6.92 Å². The molecule has 2 unspecified atom stereocenters. The predicted molar refractivity (Wildman–Crippen MR) is 73.6 cm³/mol. The van der Waals surface area contributed by atoms with E-state index in [2.05, 4.69) is 15.9 Å². The normalized spacial score (nSPS) is 22.6. The van der Waals surface area contributed by atoms with Crippen LogP contribution in [-0.2, 0) is 4.79 Å². The molecule has 1 saturated heterocycles. The number of hydrogen-bond acceptors (Lipinski definition) is 3. The molecule has 1 aliphatic rings. The van der Waals surface area contributed by atoms with Crippen LogP contribution in [0.25, 0.3) is 0 Å². The molecule has 1 N–H and O–H groups in total. The van der Waals surface area contributed by atoms with Gasteiger partial charge < -0.3 is 10.0 Å². The lowest BCUT2D eigenvalue weighted by Crippen LogP contribution is -2.44. The van der Waals surface area contributed by atoms with E-state index in [4.69, 9.17) is 5.11 Å². The molecular weight excluding hydrogens is 337 g/mol. The minimum atomic E-state index is -1.04. The fourth-order valence-corrected chi connectivity index (χ4v) is 3.53. The van der Waals surface area contributed by atoms with Crippen molar-refractivity contribution in [3.8, 4) is 0 Å². The Hall–Kier alpha value is -1.08. The van der Waals surface area contributed by atoms with Gasteiger partial charge in [-0.15, -0.1) is 11.8 Å². The molecule has 7 heteroatoms. The zero-order chi connectivity index (χ0) is 14.2. The van der Waals surface area contributed by atoms with E-state index in [0.29, 0.717) is 10.2 Å². The summed E-state index contributed by atoms with van der Waals surface area (Å²) in [6.45, 7) is 1.76. The molecule has 4 nitrogen and oxygen atoms in total. The van der Waals surface area contributed by atoms with Crippen LogP contribution in [0.3, 0.4) is 0 Å². The maximum absolute atomic E-state index is 13.2. The van der Waals surface area contributed by atoms with Gasteiger partial charge in [-0.1, -0.05) is 0 Å². The van der Waals surface area contributed by atoms with Crippen LogP contribution in [0.1, 0.15) is 17.3 Å². The number of thioether (sulfide) groups is 1. The molecule has 1 fully saturated rings. The second-order valence-corrected chi connectivity index (χ2v) is 6.33. The molecule has 1 aromatic carbocycles. The molecule has 0 aliphatic carbocycles. The van der Waals surface area contributed by atoms with Crippen molar-refractivity contribution in [2.24, 2.45) is 0 Å². The number of carboxylic acid groups (broad SMARTS) is 1. The fourth-order valence-electron chi connectivity index (χ4n) is 1.94. The number of carboxylic acids is 1. The zero-order valence-corrected chi connectivity index (χ0v) is 12.4. The number of hydrogen-bond donors (Lipinski definition) is 1. The van der Waals surface area contributed by atoms with Gasteiger partial charge in [-0.3, -0.25) is 4.79 Å². The molecule has 1 aliphatic heterocycles. The summed E-state index contributed by atoms with van der Waals surface area (Å²) in [7, 11) is 0. The minimum Gasteiger partial charge on any atom is -0.480 e. The first kappa shape index (κ1) is 14.3. The Labute approximate surface area is 122 Å². The third-order valence-corrected chi connectivity index (χ3v) is 4.81. The van der Waals surface area contributed by atoms with E-state index in [1.807, 2.05) is 0 Å². The number of amides is 1. The summed E-state index contributed by atoms with van der Waals surface area (Å²) in [5.74, 6) is -1.71. The Bertz CT molecular complexity index is 540. The first-order valence-electron chi connectivity index (χ1n) is 5.54. The van der Waals surface area contributed by atoms with Gasteiger partial charge in [0.2, 0.25) is 0 Å². The zero-order valence-electron chi connectivity index (χ0n) is 9.97. The van der Waals surface area contributed by atoms with Crippen molar-refractivity contribution in [3.05, 3.63) is 34.1 Å². The minimum absolute atomic E-state index is 0.139. The molecule has 0 spiro atoms. The Balaban J connectivity index is 2.37. The van der Waals surface area contributed by atoms with Gasteiger partial charge in [0.05, 0.1) is 10.9 Å². The summed E-state index contributed by atoms with van der Waals surface area (Å²) in [4.78, 5) is 24.8. The van der Waals surface area contributed by atoms with Crippen LogP contribution >= 0.6 is 27.7 Å². The number of halogens is 2. The second-order valence-electron chi connectivity index (χ2n) is 4.12. The van der Waals surface area contributed by atoms with Crippen LogP contribution in [0.4, 0.5) is 4.39 Å². The monoisotopic (exact) mass is 347 g/mol. The predicted octanol–water partition coefficient (Wildman–Crippen LogP) is 2.58. The molecule has 102 valence electrons. The summed E-state index contributed by atoms with van der Waals surface area (Å²) in [5, 5.41) is 8.88. The Morgan fingerprint density at radius 3 is 2.84 bits per heavy atom. The van der Waals surface area contributed by atoms with Crippen LogP contribution in [0.2, 0.25) is 0 Å². The molecule has 0 saturated carbocycles. The van der Waals surface area contributed by atoms with Crippen molar-refractivity contribution in [2.75, 3.05) is 5.75 Å². The highest BCUT2D eigenvalue weighted by Crippen LogP contribution is 2.32. The van der Waals surface area contributed by atoms with Gasteiger partial charge in [0, 0.05) is 10.2 Å². The molecule has 0 bridgehead atoms. The quantitative estimate of drug-likeness (QED) is 0.893. The van der Waals surface area contributed by atoms with Crippen molar-refractivity contribution < 1.29 is 19.1 Å². The second kappa shape index (κ2) is 5.50. The van der Waals surface area contributed by atoms with Crippen molar-refractivity contribution in [2.45, 2.75) is 18.3 Å². The van der Waals surface area contributed by atoms with E-state index in [1.165, 1.54) is 28.8 Å². The summed E-state index contributed by atoms with van der Waals surface area (Å²) >= 11 is 4.58. The number of aliphatic carboxylic acids is 1. The largest absolute Gasteiger partial charge is 0.480 e. The van der Waals surface area contributed by atoms with Gasteiger partial charge in [0.25, 0.3) is 5.91 Å². The van der Waals surface area contributed by atoms with Gasteiger partial charge in [0.1, 0.15) is 11.9 Å². The highest BCUT2D eigenvalue weighted by atomic mass is 79.9. The third-order valence-electron chi connectivity index (χ3n) is 2.90. The Morgan fingerprint density at radius 1 is 1.53 bits per heavy atom. The summed E-state index contributed by atoms with van der Waals surface area (Å²) in [6, 6.07) is 2.91. The molecular formula is C12H11BrFNO3S. The van der Waals surface area contributed by atoms with Crippen molar-refractivity contribution in [3.63, 3.8) is 0 Å². The van der Waals surface area contributed by atoms with Crippen LogP contribution in [0.5, 0.6) is 0 Å². The fraction of sp³-hybridized carbons (Fsp3) is 0.333. The van der Waals surface area contributed by atoms with E-state index in [-0.39, 0.29) is 10.9 Å². The van der Waals surface area contributed by atoms with Crippen molar-refractivity contribution in [1.82, 2.24) is 4.90 Å². The Morgan fingerprint density at radius 2 is 2.21 bits per heavy atom. The van der Waals surface area contributed by atoms with Gasteiger partial charge in [-0.25, -0.2) is 9.18 Å². The topological polar surface area (TPSA) is 57.6 Å². The lowest BCUT2D eigenvalue weighted by Gasteiger charge is -2.25. The highest BCUT2D eigenvalue weighted by Gasteiger charge is 2.40. The van der Waals surface area contributed by atoms with Gasteiger partial charge >= 0.3 is 5.97 Å². The lowest BCUT2D eigenvalue weighted by molar-refractivity contribution is -0.141. The van der Waals surface area contributed by atoms with E-state index < -0.39 is 23.7 Å². The van der Waals surface area contributed by atoms with Crippen molar-refractivity contribution >= 4 is 39.6 Å². The average Bonchev–Trinajstić information content (AvgIpc) is 2.73. The van der Waals surface area contributed by atoms with Gasteiger partial charge in [-0.05, 0) is 41.1 Å². The van der Waals surface area contributed by atoms with Crippen LogP contribution in [-0.4, -0.2) is 39.1 Å². The molecule has 0 radical (unpaired) electrons. The molecule has 1 amide bonds. The van der Waals surface area contributed by atoms with Crippen LogP contribution in [0.15, 0.2) is 22.7 Å². The molecule has 0 aromatic heterocycles. The number of rotatable bonds is 2. The van der Waals surface area contributed by atoms with E-state index in [9.17, 15) is 14.0 Å². The first-order valence-corrected chi connectivity index (χ1v) is 7.38. The Kier molecular flexibility index (Phi) is 4.15. The smallest absolute Gasteiger partial charge is 0.327 e. The van der Waals surface area contributed by atoms with Crippen LogP contribution < -0.4 is 0 Å². The van der Waals surface area contributed by atoms with Crippen molar-refractivity contribution in [1.29, 1.82) is 0 Å². The summed E-state index contributed by atoms with van der Waals surface area (Å²) in [6.07, 6.45) is 0. The number of nitrogens with zero attached hydrogens (tertiary/aromatic N) is 1. The summed E-state index contributed by atoms with van der Waals surface area (Å²) in [5.41, 5.74) is 0.139. The standard InChI is InChI=1S/C12H11BrFNO3S/c1-6-15(10(5-19-6)12(17)18)11(16)8-4-7(14)2-3-9(8)13/h2-4,6,10H,5H2,1H3,(H,17,18). The number of benzene rings is 1. The third kappa shape index (κ3) is 2.76. The SMILES string of the molecule is CC1SCC(C(=O)O)N1C(=O)c1cc(F)ccc1Br. The molecule has 1 heterocycles. The van der Waals surface area contributed by atoms with Gasteiger partial charge in [-0.2, -0.15) is 0 Å².